The summed E-state index contributed by atoms with van der Waals surface area (Å²) in [6.07, 6.45) is 5.75. The molecule has 0 atom stereocenters. The summed E-state index contributed by atoms with van der Waals surface area (Å²) in [5.41, 5.74) is 4.68. The van der Waals surface area contributed by atoms with Crippen LogP contribution in [0.2, 0.25) is 0 Å². The molecule has 1 fully saturated rings. The molecule has 8 nitrogen and oxygen atoms in total. The van der Waals surface area contributed by atoms with Crippen molar-refractivity contribution in [3.05, 3.63) is 59.3 Å². The molecule has 5 rings (SSSR count). The summed E-state index contributed by atoms with van der Waals surface area (Å²) in [6, 6.07) is 12.4. The van der Waals surface area contributed by atoms with E-state index in [0.717, 1.165) is 86.9 Å². The van der Waals surface area contributed by atoms with Crippen LogP contribution in [0.5, 0.6) is 17.2 Å². The van der Waals surface area contributed by atoms with E-state index in [1.165, 1.54) is 16.8 Å². The van der Waals surface area contributed by atoms with Gasteiger partial charge in [0.1, 0.15) is 5.75 Å². The maximum absolute atomic E-state index is 13.1. The third-order valence-electron chi connectivity index (χ3n) is 7.80. The van der Waals surface area contributed by atoms with Crippen molar-refractivity contribution in [2.75, 3.05) is 67.3 Å². The minimum absolute atomic E-state index is 0.0706. The van der Waals surface area contributed by atoms with E-state index < -0.39 is 0 Å². The summed E-state index contributed by atoms with van der Waals surface area (Å²) in [4.78, 5) is 19.7. The number of rotatable bonds is 10. The Morgan fingerprint density at radius 2 is 1.82 bits per heavy atom. The van der Waals surface area contributed by atoms with Crippen molar-refractivity contribution >= 4 is 22.9 Å². The third kappa shape index (κ3) is 6.23. The van der Waals surface area contributed by atoms with Crippen LogP contribution >= 0.6 is 0 Å². The second-order valence-corrected chi connectivity index (χ2v) is 10.6. The molecule has 1 saturated heterocycles. The molecule has 0 aliphatic carbocycles. The highest BCUT2D eigenvalue weighted by atomic mass is 16.7. The predicted octanol–water partition coefficient (Wildman–Crippen LogP) is 4.04. The summed E-state index contributed by atoms with van der Waals surface area (Å²) >= 11 is 0. The second kappa shape index (κ2) is 12.1. The van der Waals surface area contributed by atoms with Gasteiger partial charge < -0.3 is 28.6 Å². The molecule has 208 valence electrons. The van der Waals surface area contributed by atoms with E-state index in [4.69, 9.17) is 14.2 Å². The van der Waals surface area contributed by atoms with E-state index >= 15 is 0 Å². The molecule has 3 aromatic rings. The molecule has 2 aliphatic heterocycles. The van der Waals surface area contributed by atoms with Gasteiger partial charge in [-0.05, 0) is 82.4 Å². The molecule has 0 bridgehead atoms. The lowest BCUT2D eigenvalue weighted by Gasteiger charge is -2.34. The molecule has 1 amide bonds. The quantitative estimate of drug-likeness (QED) is 0.368. The number of carbonyl (C=O) groups is 1. The lowest BCUT2D eigenvalue weighted by atomic mass is 10.1. The van der Waals surface area contributed by atoms with Crippen LogP contribution in [0.4, 0.5) is 0 Å². The molecular formula is C31H40N4O4. The highest BCUT2D eigenvalue weighted by Crippen LogP contribution is 2.33. The van der Waals surface area contributed by atoms with Crippen LogP contribution in [-0.4, -0.2) is 92.4 Å². The Kier molecular flexibility index (Phi) is 8.43. The first kappa shape index (κ1) is 27.1. The van der Waals surface area contributed by atoms with Gasteiger partial charge in [0.05, 0.1) is 7.11 Å². The SMILES string of the molecule is COc1ccc2c(c1)c(/C=C/C(=O)N1CCN(CCc3ccc4c(c3)OCO4)CC1)c(C)n2CCCN(C)C. The third-order valence-corrected chi connectivity index (χ3v) is 7.80. The zero-order valence-electron chi connectivity index (χ0n) is 23.6. The van der Waals surface area contributed by atoms with E-state index in [1.807, 2.05) is 23.1 Å². The van der Waals surface area contributed by atoms with Crippen molar-refractivity contribution < 1.29 is 19.0 Å². The Labute approximate surface area is 231 Å². The molecule has 0 spiro atoms. The van der Waals surface area contributed by atoms with E-state index in [-0.39, 0.29) is 5.91 Å². The van der Waals surface area contributed by atoms with Gasteiger partial charge in [0.25, 0.3) is 0 Å². The molecule has 39 heavy (non-hydrogen) atoms. The zero-order valence-corrected chi connectivity index (χ0v) is 23.6. The monoisotopic (exact) mass is 532 g/mol. The Morgan fingerprint density at radius 1 is 1.03 bits per heavy atom. The Bertz CT molecular complexity index is 1340. The number of methoxy groups -OCH3 is 1. The fraction of sp³-hybridized carbons (Fsp3) is 0.452. The summed E-state index contributed by atoms with van der Waals surface area (Å²) < 4.78 is 18.8. The number of aryl methyl sites for hydroxylation is 1. The lowest BCUT2D eigenvalue weighted by Crippen LogP contribution is -2.48. The van der Waals surface area contributed by atoms with Crippen LogP contribution in [0.15, 0.2) is 42.5 Å². The molecule has 8 heteroatoms. The number of amides is 1. The number of nitrogens with zero attached hydrogens (tertiary/aromatic N) is 4. The van der Waals surface area contributed by atoms with Crippen LogP contribution in [0.25, 0.3) is 17.0 Å². The van der Waals surface area contributed by atoms with Crippen molar-refractivity contribution in [3.8, 4) is 17.2 Å². The van der Waals surface area contributed by atoms with Crippen LogP contribution < -0.4 is 14.2 Å². The summed E-state index contributed by atoms with van der Waals surface area (Å²) in [7, 11) is 5.89. The van der Waals surface area contributed by atoms with Gasteiger partial charge >= 0.3 is 0 Å². The summed E-state index contributed by atoms with van der Waals surface area (Å²) in [6.45, 7) is 8.61. The van der Waals surface area contributed by atoms with Crippen LogP contribution in [0.3, 0.4) is 0 Å². The van der Waals surface area contributed by atoms with Gasteiger partial charge in [-0.1, -0.05) is 6.07 Å². The number of hydrogen-bond donors (Lipinski definition) is 0. The summed E-state index contributed by atoms with van der Waals surface area (Å²) in [5.74, 6) is 2.55. The van der Waals surface area contributed by atoms with Crippen molar-refractivity contribution in [1.29, 1.82) is 0 Å². The minimum Gasteiger partial charge on any atom is -0.497 e. The van der Waals surface area contributed by atoms with Gasteiger partial charge in [0.2, 0.25) is 12.7 Å². The minimum atomic E-state index is 0.0706. The standard InChI is InChI=1S/C31H40N4O4/c1-23-26(27-21-25(37-4)7-9-28(27)35(23)14-5-13-32(2)3)8-11-31(36)34-18-16-33(17-19-34)15-12-24-6-10-29-30(20-24)39-22-38-29/h6-11,20-21H,5,12-19,22H2,1-4H3/b11-8+. The number of benzene rings is 2. The molecule has 1 aromatic heterocycles. The number of piperazine rings is 1. The Balaban J connectivity index is 1.20. The van der Waals surface area contributed by atoms with Crippen LogP contribution in [-0.2, 0) is 17.8 Å². The normalized spacial score (nSPS) is 15.7. The summed E-state index contributed by atoms with van der Waals surface area (Å²) in [5, 5.41) is 1.12. The molecule has 3 heterocycles. The number of aromatic nitrogens is 1. The maximum atomic E-state index is 13.1. The maximum Gasteiger partial charge on any atom is 0.246 e. The van der Waals surface area contributed by atoms with E-state index in [0.29, 0.717) is 6.79 Å². The molecule has 2 aliphatic rings. The molecule has 0 saturated carbocycles. The van der Waals surface area contributed by atoms with Gasteiger partial charge in [0, 0.05) is 67.5 Å². The van der Waals surface area contributed by atoms with Gasteiger partial charge in [-0.15, -0.1) is 0 Å². The first-order chi connectivity index (χ1) is 18.9. The Hall–Kier alpha value is -3.49. The van der Waals surface area contributed by atoms with E-state index in [2.05, 4.69) is 59.7 Å². The highest BCUT2D eigenvalue weighted by Gasteiger charge is 2.21. The van der Waals surface area contributed by atoms with Crippen molar-refractivity contribution in [2.45, 2.75) is 26.3 Å². The van der Waals surface area contributed by atoms with Crippen LogP contribution in [0, 0.1) is 6.92 Å². The van der Waals surface area contributed by atoms with Gasteiger partial charge in [-0.3, -0.25) is 9.69 Å². The number of fused-ring (bicyclic) bond motifs is 2. The predicted molar refractivity (Wildman–Crippen MR) is 155 cm³/mol. The number of hydrogen-bond acceptors (Lipinski definition) is 6. The van der Waals surface area contributed by atoms with Gasteiger partial charge in [0.15, 0.2) is 11.5 Å². The Morgan fingerprint density at radius 3 is 2.59 bits per heavy atom. The van der Waals surface area contributed by atoms with Crippen molar-refractivity contribution in [1.82, 2.24) is 19.3 Å². The second-order valence-electron chi connectivity index (χ2n) is 10.6. The van der Waals surface area contributed by atoms with Gasteiger partial charge in [-0.2, -0.15) is 0 Å². The topological polar surface area (TPSA) is 59.4 Å². The molecule has 0 unspecified atom stereocenters. The first-order valence-corrected chi connectivity index (χ1v) is 13.8. The fourth-order valence-corrected chi connectivity index (χ4v) is 5.49. The number of ether oxygens (including phenoxy) is 3. The molecule has 0 N–H and O–H groups in total. The smallest absolute Gasteiger partial charge is 0.246 e. The first-order valence-electron chi connectivity index (χ1n) is 13.8. The average Bonchev–Trinajstić information content (AvgIpc) is 3.52. The fourth-order valence-electron chi connectivity index (χ4n) is 5.49. The van der Waals surface area contributed by atoms with Crippen LogP contribution in [0.1, 0.15) is 23.2 Å². The average molecular weight is 533 g/mol. The van der Waals surface area contributed by atoms with Crippen molar-refractivity contribution in [2.24, 2.45) is 0 Å². The zero-order chi connectivity index (χ0) is 27.4. The van der Waals surface area contributed by atoms with Crippen molar-refractivity contribution in [3.63, 3.8) is 0 Å². The highest BCUT2D eigenvalue weighted by molar-refractivity contribution is 5.98. The van der Waals surface area contributed by atoms with Gasteiger partial charge in [-0.25, -0.2) is 0 Å². The lowest BCUT2D eigenvalue weighted by molar-refractivity contribution is -0.127. The van der Waals surface area contributed by atoms with E-state index in [1.54, 1.807) is 13.2 Å². The molecule has 2 aromatic carbocycles. The largest absolute Gasteiger partial charge is 0.497 e. The molecular weight excluding hydrogens is 492 g/mol. The van der Waals surface area contributed by atoms with E-state index in [9.17, 15) is 4.79 Å². The number of carbonyl (C=O) groups excluding carboxylic acids is 1. The molecule has 0 radical (unpaired) electrons.